The zero-order valence-corrected chi connectivity index (χ0v) is 13.6. The third-order valence-electron chi connectivity index (χ3n) is 3.73. The van der Waals surface area contributed by atoms with Crippen LogP contribution >= 0.6 is 23.1 Å². The molecule has 1 spiro atoms. The Hall–Kier alpha value is -1.28. The van der Waals surface area contributed by atoms with Gasteiger partial charge in [0.25, 0.3) is 0 Å². The monoisotopic (exact) mass is 327 g/mol. The summed E-state index contributed by atoms with van der Waals surface area (Å²) in [7, 11) is 1.72. The van der Waals surface area contributed by atoms with Crippen molar-refractivity contribution in [3.8, 4) is 0 Å². The van der Waals surface area contributed by atoms with E-state index in [0.717, 1.165) is 16.5 Å². The number of likely N-dealkylation sites (N-methyl/N-ethyl adjacent to an activating group) is 1. The second-order valence-corrected chi connectivity index (χ2v) is 7.60. The topological polar surface area (TPSA) is 62.7 Å². The lowest BCUT2D eigenvalue weighted by atomic mass is 10.0. The van der Waals surface area contributed by atoms with Gasteiger partial charge in [-0.05, 0) is 6.92 Å². The van der Waals surface area contributed by atoms with Crippen molar-refractivity contribution in [1.29, 1.82) is 0 Å². The van der Waals surface area contributed by atoms with Crippen LogP contribution in [0.5, 0.6) is 0 Å². The van der Waals surface area contributed by atoms with Crippen molar-refractivity contribution < 1.29 is 14.3 Å². The molecule has 0 N–H and O–H groups in total. The van der Waals surface area contributed by atoms with Crippen LogP contribution in [0.15, 0.2) is 9.72 Å². The van der Waals surface area contributed by atoms with E-state index in [4.69, 9.17) is 4.74 Å². The summed E-state index contributed by atoms with van der Waals surface area (Å²) < 4.78 is 6.36. The van der Waals surface area contributed by atoms with Crippen LogP contribution in [0.4, 0.5) is 4.79 Å². The fraction of sp³-hybridized carbons (Fsp3) is 0.615. The van der Waals surface area contributed by atoms with Crippen LogP contribution in [-0.4, -0.2) is 64.8 Å². The molecule has 21 heavy (non-hydrogen) atoms. The molecule has 0 aliphatic carbocycles. The van der Waals surface area contributed by atoms with Gasteiger partial charge in [-0.2, -0.15) is 0 Å². The number of nitrogens with zero attached hydrogens (tertiary/aromatic N) is 3. The third-order valence-corrected chi connectivity index (χ3v) is 5.85. The Bertz CT molecular complexity index is 577. The summed E-state index contributed by atoms with van der Waals surface area (Å²) in [5.74, 6) is 0.461. The van der Waals surface area contributed by atoms with E-state index < -0.39 is 5.60 Å². The minimum absolute atomic E-state index is 0.0790. The van der Waals surface area contributed by atoms with E-state index in [-0.39, 0.29) is 12.0 Å². The molecule has 8 heteroatoms. The smallest absolute Gasteiger partial charge is 0.410 e. The van der Waals surface area contributed by atoms with Gasteiger partial charge < -0.3 is 14.5 Å². The van der Waals surface area contributed by atoms with Crippen LogP contribution < -0.4 is 0 Å². The maximum absolute atomic E-state index is 12.3. The number of amides is 2. The van der Waals surface area contributed by atoms with Gasteiger partial charge in [0.15, 0.2) is 9.94 Å². The lowest BCUT2D eigenvalue weighted by Gasteiger charge is -2.21. The van der Waals surface area contributed by atoms with Gasteiger partial charge in [0.1, 0.15) is 0 Å². The molecular formula is C13H17N3O3S2. The Morgan fingerprint density at radius 3 is 3.00 bits per heavy atom. The number of thioether (sulfide) groups is 1. The van der Waals surface area contributed by atoms with E-state index in [1.165, 1.54) is 11.8 Å². The SMILES string of the molecule is Cc1csc(SCC(=O)N2CC[C@]3(CN(C)C(=O)O3)C2)n1. The zero-order chi connectivity index (χ0) is 15.0. The lowest BCUT2D eigenvalue weighted by Crippen LogP contribution is -2.39. The van der Waals surface area contributed by atoms with E-state index in [0.29, 0.717) is 25.4 Å². The molecule has 0 saturated carbocycles. The maximum atomic E-state index is 12.3. The first-order chi connectivity index (χ1) is 9.97. The zero-order valence-electron chi connectivity index (χ0n) is 12.0. The highest BCUT2D eigenvalue weighted by atomic mass is 32.2. The Labute approximate surface area is 131 Å². The standard InChI is InChI=1S/C13H17N3O3S2/c1-9-5-20-11(14-9)21-6-10(17)16-4-3-13(8-16)7-15(2)12(18)19-13/h5H,3-4,6-8H2,1-2H3/t13-/m0/s1. The minimum Gasteiger partial charge on any atom is -0.439 e. The Morgan fingerprint density at radius 2 is 2.38 bits per heavy atom. The molecule has 2 amide bonds. The highest BCUT2D eigenvalue weighted by molar-refractivity contribution is 8.01. The van der Waals surface area contributed by atoms with Gasteiger partial charge in [0, 0.05) is 31.1 Å². The summed E-state index contributed by atoms with van der Waals surface area (Å²) in [5.41, 5.74) is 0.486. The minimum atomic E-state index is -0.496. The predicted molar refractivity (Wildman–Crippen MR) is 80.6 cm³/mol. The summed E-state index contributed by atoms with van der Waals surface area (Å²) in [4.78, 5) is 31.5. The molecule has 1 aromatic rings. The number of hydrogen-bond acceptors (Lipinski definition) is 6. The number of aromatic nitrogens is 1. The second kappa shape index (κ2) is 5.49. The van der Waals surface area contributed by atoms with Crippen molar-refractivity contribution in [3.63, 3.8) is 0 Å². The van der Waals surface area contributed by atoms with Gasteiger partial charge >= 0.3 is 6.09 Å². The molecule has 6 nitrogen and oxygen atoms in total. The number of aryl methyl sites for hydroxylation is 1. The lowest BCUT2D eigenvalue weighted by molar-refractivity contribution is -0.128. The van der Waals surface area contributed by atoms with E-state index in [2.05, 4.69) is 4.98 Å². The number of carbonyl (C=O) groups is 2. The quantitative estimate of drug-likeness (QED) is 0.789. The van der Waals surface area contributed by atoms with E-state index in [9.17, 15) is 9.59 Å². The average molecular weight is 327 g/mol. The van der Waals surface area contributed by atoms with Crippen LogP contribution in [0.3, 0.4) is 0 Å². The Balaban J connectivity index is 1.54. The number of rotatable bonds is 3. The number of hydrogen-bond donors (Lipinski definition) is 0. The molecule has 0 bridgehead atoms. The summed E-state index contributed by atoms with van der Waals surface area (Å²) in [6.07, 6.45) is 0.424. The molecule has 0 radical (unpaired) electrons. The molecule has 114 valence electrons. The first kappa shape index (κ1) is 14.6. The molecule has 2 aliphatic heterocycles. The van der Waals surface area contributed by atoms with Gasteiger partial charge in [-0.15, -0.1) is 11.3 Å². The number of ether oxygens (including phenoxy) is 1. The van der Waals surface area contributed by atoms with Gasteiger partial charge in [-0.25, -0.2) is 9.78 Å². The Morgan fingerprint density at radius 1 is 1.57 bits per heavy atom. The molecular weight excluding hydrogens is 310 g/mol. The highest BCUT2D eigenvalue weighted by Gasteiger charge is 2.49. The van der Waals surface area contributed by atoms with Crippen molar-refractivity contribution in [3.05, 3.63) is 11.1 Å². The fourth-order valence-electron chi connectivity index (χ4n) is 2.68. The number of likely N-dealkylation sites (tertiary alicyclic amines) is 1. The van der Waals surface area contributed by atoms with Crippen molar-refractivity contribution >= 4 is 35.1 Å². The first-order valence-electron chi connectivity index (χ1n) is 6.74. The molecule has 0 aromatic carbocycles. The third kappa shape index (κ3) is 3.01. The maximum Gasteiger partial charge on any atom is 0.410 e. The number of carbonyl (C=O) groups excluding carboxylic acids is 2. The normalized spacial score (nSPS) is 25.0. The van der Waals surface area contributed by atoms with Crippen LogP contribution in [0, 0.1) is 6.92 Å². The summed E-state index contributed by atoms with van der Waals surface area (Å²) in [6.45, 7) is 3.66. The fourth-order valence-corrected chi connectivity index (χ4v) is 4.43. The summed E-state index contributed by atoms with van der Waals surface area (Å²) in [5, 5.41) is 1.98. The van der Waals surface area contributed by atoms with Gasteiger partial charge in [-0.3, -0.25) is 4.79 Å². The summed E-state index contributed by atoms with van der Waals surface area (Å²) >= 11 is 3.02. The predicted octanol–water partition coefficient (Wildman–Crippen LogP) is 1.60. The van der Waals surface area contributed by atoms with Gasteiger partial charge in [0.2, 0.25) is 5.91 Å². The largest absolute Gasteiger partial charge is 0.439 e. The first-order valence-corrected chi connectivity index (χ1v) is 8.61. The molecule has 2 aliphatic rings. The van der Waals surface area contributed by atoms with Crippen molar-refractivity contribution in [2.45, 2.75) is 23.3 Å². The van der Waals surface area contributed by atoms with Gasteiger partial charge in [-0.1, -0.05) is 11.8 Å². The molecule has 2 saturated heterocycles. The molecule has 3 rings (SSSR count). The molecule has 3 heterocycles. The van der Waals surface area contributed by atoms with Crippen molar-refractivity contribution in [2.75, 3.05) is 32.4 Å². The molecule has 1 aromatic heterocycles. The van der Waals surface area contributed by atoms with Crippen molar-refractivity contribution in [1.82, 2.24) is 14.8 Å². The Kier molecular flexibility index (Phi) is 3.83. The van der Waals surface area contributed by atoms with E-state index in [1.54, 1.807) is 28.2 Å². The van der Waals surface area contributed by atoms with Crippen molar-refractivity contribution in [2.24, 2.45) is 0 Å². The molecule has 2 fully saturated rings. The molecule has 1 atom stereocenters. The number of thiazole rings is 1. The van der Waals surface area contributed by atoms with Gasteiger partial charge in [0.05, 0.1) is 18.8 Å². The molecule has 0 unspecified atom stereocenters. The average Bonchev–Trinajstić information content (AvgIpc) is 3.09. The second-order valence-electron chi connectivity index (χ2n) is 5.52. The highest BCUT2D eigenvalue weighted by Crippen LogP contribution is 2.32. The van der Waals surface area contributed by atoms with Crippen LogP contribution in [-0.2, 0) is 9.53 Å². The van der Waals surface area contributed by atoms with Crippen LogP contribution in [0.25, 0.3) is 0 Å². The van der Waals surface area contributed by atoms with E-state index >= 15 is 0 Å². The van der Waals surface area contributed by atoms with Crippen LogP contribution in [0.2, 0.25) is 0 Å². The van der Waals surface area contributed by atoms with Crippen LogP contribution in [0.1, 0.15) is 12.1 Å². The summed E-state index contributed by atoms with van der Waals surface area (Å²) in [6, 6.07) is 0. The van der Waals surface area contributed by atoms with E-state index in [1.807, 2.05) is 12.3 Å².